The molecule has 0 aliphatic carbocycles. The van der Waals surface area contributed by atoms with Gasteiger partial charge in [-0.3, -0.25) is 4.79 Å². The fourth-order valence-electron chi connectivity index (χ4n) is 2.72. The van der Waals surface area contributed by atoms with Crippen molar-refractivity contribution in [3.8, 4) is 11.4 Å². The van der Waals surface area contributed by atoms with Gasteiger partial charge in [0.1, 0.15) is 12.1 Å². The van der Waals surface area contributed by atoms with Crippen LogP contribution < -0.4 is 0 Å². The van der Waals surface area contributed by atoms with Crippen LogP contribution in [0, 0.1) is 0 Å². The highest BCUT2D eigenvalue weighted by molar-refractivity contribution is 5.86. The Kier molecular flexibility index (Phi) is 4.05. The molecule has 3 rings (SSSR count). The van der Waals surface area contributed by atoms with Crippen LogP contribution in [0.3, 0.4) is 0 Å². The first kappa shape index (κ1) is 15.1. The van der Waals surface area contributed by atoms with Crippen LogP contribution in [-0.2, 0) is 9.59 Å². The molecule has 8 heteroatoms. The van der Waals surface area contributed by atoms with Crippen molar-refractivity contribution in [3.05, 3.63) is 30.3 Å². The minimum absolute atomic E-state index is 0.299. The molecule has 1 aliphatic heterocycles. The number of hydrogen-bond donors (Lipinski definition) is 1. The van der Waals surface area contributed by atoms with Crippen LogP contribution in [0.5, 0.6) is 0 Å². The predicted molar refractivity (Wildman–Crippen MR) is 80.3 cm³/mol. The van der Waals surface area contributed by atoms with Crippen molar-refractivity contribution in [2.75, 3.05) is 6.54 Å². The third kappa shape index (κ3) is 2.92. The Bertz CT molecular complexity index is 715. The van der Waals surface area contributed by atoms with Crippen molar-refractivity contribution in [2.24, 2.45) is 0 Å². The fourth-order valence-corrected chi connectivity index (χ4v) is 2.72. The zero-order valence-electron chi connectivity index (χ0n) is 12.7. The molecular formula is C15H17N5O3. The van der Waals surface area contributed by atoms with Gasteiger partial charge in [0.25, 0.3) is 0 Å². The summed E-state index contributed by atoms with van der Waals surface area (Å²) in [6.07, 6.45) is 1.17. The van der Waals surface area contributed by atoms with E-state index in [0.29, 0.717) is 25.2 Å². The summed E-state index contributed by atoms with van der Waals surface area (Å²) in [4.78, 5) is 26.4. The number of carboxylic acid groups (broad SMARTS) is 1. The zero-order chi connectivity index (χ0) is 16.4. The molecule has 1 fully saturated rings. The second kappa shape index (κ2) is 6.15. The predicted octanol–water partition coefficient (Wildman–Crippen LogP) is 0.977. The summed E-state index contributed by atoms with van der Waals surface area (Å²) in [6.45, 7) is 2.09. The van der Waals surface area contributed by atoms with Crippen LogP contribution in [0.15, 0.2) is 30.3 Å². The summed E-state index contributed by atoms with van der Waals surface area (Å²) in [5, 5.41) is 21.3. The van der Waals surface area contributed by atoms with Crippen molar-refractivity contribution >= 4 is 11.9 Å². The standard InChI is InChI=1S/C15H17N5O3/c1-10(14(21)19-9-5-8-12(19)15(22)23)20-17-13(16-18-20)11-6-3-2-4-7-11/h2-4,6-7,10,12H,5,8-9H2,1H3,(H,22,23)/t10-,12+/m0/s1. The molecule has 2 heterocycles. The maximum Gasteiger partial charge on any atom is 0.326 e. The number of nitrogens with zero attached hydrogens (tertiary/aromatic N) is 5. The van der Waals surface area contributed by atoms with Gasteiger partial charge in [0.05, 0.1) is 0 Å². The zero-order valence-corrected chi connectivity index (χ0v) is 12.7. The number of tetrazole rings is 1. The third-order valence-electron chi connectivity index (χ3n) is 3.98. The number of likely N-dealkylation sites (tertiary alicyclic amines) is 1. The lowest BCUT2D eigenvalue weighted by Gasteiger charge is -2.24. The van der Waals surface area contributed by atoms with E-state index in [2.05, 4.69) is 15.4 Å². The van der Waals surface area contributed by atoms with Gasteiger partial charge < -0.3 is 10.0 Å². The first-order valence-corrected chi connectivity index (χ1v) is 7.46. The highest BCUT2D eigenvalue weighted by atomic mass is 16.4. The molecule has 1 N–H and O–H groups in total. The molecule has 1 amide bonds. The van der Waals surface area contributed by atoms with Gasteiger partial charge in [-0.15, -0.1) is 10.2 Å². The molecule has 1 aromatic carbocycles. The second-order valence-corrected chi connectivity index (χ2v) is 5.50. The van der Waals surface area contributed by atoms with E-state index in [1.807, 2.05) is 30.3 Å². The first-order valence-electron chi connectivity index (χ1n) is 7.46. The number of aromatic nitrogens is 4. The Morgan fingerprint density at radius 2 is 2.04 bits per heavy atom. The monoisotopic (exact) mass is 315 g/mol. The van der Waals surface area contributed by atoms with E-state index in [-0.39, 0.29) is 5.91 Å². The van der Waals surface area contributed by atoms with Crippen molar-refractivity contribution in [2.45, 2.75) is 31.8 Å². The van der Waals surface area contributed by atoms with Gasteiger partial charge in [-0.05, 0) is 25.0 Å². The molecule has 0 bridgehead atoms. The van der Waals surface area contributed by atoms with E-state index in [1.54, 1.807) is 6.92 Å². The summed E-state index contributed by atoms with van der Waals surface area (Å²) < 4.78 is 0. The van der Waals surface area contributed by atoms with Crippen LogP contribution in [0.4, 0.5) is 0 Å². The molecule has 2 atom stereocenters. The molecule has 1 saturated heterocycles. The Balaban J connectivity index is 1.78. The molecule has 0 spiro atoms. The van der Waals surface area contributed by atoms with E-state index in [1.165, 1.54) is 9.70 Å². The molecule has 1 aromatic heterocycles. The molecular weight excluding hydrogens is 298 g/mol. The second-order valence-electron chi connectivity index (χ2n) is 5.50. The maximum absolute atomic E-state index is 12.5. The molecule has 0 radical (unpaired) electrons. The summed E-state index contributed by atoms with van der Waals surface area (Å²) in [5.41, 5.74) is 0.808. The van der Waals surface area contributed by atoms with Gasteiger partial charge in [-0.2, -0.15) is 4.80 Å². The molecule has 23 heavy (non-hydrogen) atoms. The van der Waals surface area contributed by atoms with Crippen molar-refractivity contribution in [1.82, 2.24) is 25.1 Å². The molecule has 8 nitrogen and oxygen atoms in total. The lowest BCUT2D eigenvalue weighted by atomic mass is 10.2. The molecule has 0 unspecified atom stereocenters. The van der Waals surface area contributed by atoms with Crippen LogP contribution in [0.1, 0.15) is 25.8 Å². The lowest BCUT2D eigenvalue weighted by molar-refractivity contribution is -0.149. The maximum atomic E-state index is 12.5. The Morgan fingerprint density at radius 3 is 2.74 bits per heavy atom. The van der Waals surface area contributed by atoms with Gasteiger partial charge in [0.2, 0.25) is 11.7 Å². The number of benzene rings is 1. The highest BCUT2D eigenvalue weighted by Gasteiger charge is 2.37. The molecule has 0 saturated carbocycles. The van der Waals surface area contributed by atoms with Crippen LogP contribution in [0.25, 0.3) is 11.4 Å². The third-order valence-corrected chi connectivity index (χ3v) is 3.98. The smallest absolute Gasteiger partial charge is 0.326 e. The largest absolute Gasteiger partial charge is 0.480 e. The van der Waals surface area contributed by atoms with E-state index < -0.39 is 18.1 Å². The summed E-state index contributed by atoms with van der Waals surface area (Å²) in [6, 6.07) is 7.88. The van der Waals surface area contributed by atoms with Gasteiger partial charge in [-0.25, -0.2) is 4.79 Å². The summed E-state index contributed by atoms with van der Waals surface area (Å²) >= 11 is 0. The van der Waals surface area contributed by atoms with Crippen LogP contribution in [0.2, 0.25) is 0 Å². The molecule has 1 aliphatic rings. The highest BCUT2D eigenvalue weighted by Crippen LogP contribution is 2.21. The molecule has 2 aromatic rings. The summed E-state index contributed by atoms with van der Waals surface area (Å²) in [5.74, 6) is -0.840. The Morgan fingerprint density at radius 1 is 1.30 bits per heavy atom. The Labute approximate surface area is 132 Å². The number of carbonyl (C=O) groups excluding carboxylic acids is 1. The van der Waals surface area contributed by atoms with Crippen molar-refractivity contribution in [3.63, 3.8) is 0 Å². The molecule has 120 valence electrons. The number of hydrogen-bond acceptors (Lipinski definition) is 5. The van der Waals surface area contributed by atoms with E-state index in [4.69, 9.17) is 0 Å². The number of rotatable bonds is 4. The number of carboxylic acids is 1. The van der Waals surface area contributed by atoms with E-state index in [9.17, 15) is 14.7 Å². The number of amides is 1. The lowest BCUT2D eigenvalue weighted by Crippen LogP contribution is -2.43. The minimum atomic E-state index is -0.973. The number of carbonyl (C=O) groups is 2. The van der Waals surface area contributed by atoms with E-state index >= 15 is 0 Å². The van der Waals surface area contributed by atoms with Gasteiger partial charge in [0, 0.05) is 12.1 Å². The Hall–Kier alpha value is -2.77. The average molecular weight is 315 g/mol. The minimum Gasteiger partial charge on any atom is -0.480 e. The first-order chi connectivity index (χ1) is 11.1. The number of aliphatic carboxylic acids is 1. The van der Waals surface area contributed by atoms with E-state index in [0.717, 1.165) is 5.56 Å². The van der Waals surface area contributed by atoms with Crippen molar-refractivity contribution in [1.29, 1.82) is 0 Å². The normalized spacial score (nSPS) is 18.8. The van der Waals surface area contributed by atoms with Gasteiger partial charge in [0.15, 0.2) is 0 Å². The van der Waals surface area contributed by atoms with Crippen LogP contribution >= 0.6 is 0 Å². The van der Waals surface area contributed by atoms with Gasteiger partial charge >= 0.3 is 5.97 Å². The van der Waals surface area contributed by atoms with Gasteiger partial charge in [-0.1, -0.05) is 30.3 Å². The fraction of sp³-hybridized carbons (Fsp3) is 0.400. The topological polar surface area (TPSA) is 101 Å². The van der Waals surface area contributed by atoms with Crippen molar-refractivity contribution < 1.29 is 14.7 Å². The van der Waals surface area contributed by atoms with Crippen LogP contribution in [-0.4, -0.2) is 54.7 Å². The SMILES string of the molecule is C[C@@H](C(=O)N1CCC[C@@H]1C(=O)O)n1nnc(-c2ccccc2)n1. The summed E-state index contributed by atoms with van der Waals surface area (Å²) in [7, 11) is 0. The average Bonchev–Trinajstić information content (AvgIpc) is 3.23. The quantitative estimate of drug-likeness (QED) is 0.902.